The first-order valence-electron chi connectivity index (χ1n) is 5.79. The number of aromatic nitrogens is 3. The second-order valence-corrected chi connectivity index (χ2v) is 4.61. The standard InChI is InChI=1S/C11H15N3O2/c1-16-11(15)8-4-5-14-9(6-8)12-13-10(14)7-2-3-7/h7-8H,2-6H2,1H3/t8-/m0/s1. The molecule has 2 aliphatic rings. The Morgan fingerprint density at radius 2 is 2.19 bits per heavy atom. The molecule has 0 unspecified atom stereocenters. The van der Waals surface area contributed by atoms with Crippen molar-refractivity contribution in [1.82, 2.24) is 14.8 Å². The molecule has 1 aliphatic carbocycles. The van der Waals surface area contributed by atoms with E-state index in [-0.39, 0.29) is 11.9 Å². The molecule has 16 heavy (non-hydrogen) atoms. The van der Waals surface area contributed by atoms with E-state index in [1.807, 2.05) is 0 Å². The Kier molecular flexibility index (Phi) is 2.19. The maximum Gasteiger partial charge on any atom is 0.309 e. The maximum atomic E-state index is 11.5. The van der Waals surface area contributed by atoms with Crippen molar-refractivity contribution in [3.8, 4) is 0 Å². The Labute approximate surface area is 93.8 Å². The molecule has 0 amide bonds. The third-order valence-electron chi connectivity index (χ3n) is 3.46. The van der Waals surface area contributed by atoms with Crippen molar-refractivity contribution in [2.24, 2.45) is 5.92 Å². The van der Waals surface area contributed by atoms with Crippen LogP contribution in [0, 0.1) is 5.92 Å². The SMILES string of the molecule is COC(=O)[C@H]1CCn2c(nnc2C2CC2)C1. The molecule has 2 heterocycles. The molecule has 1 fully saturated rings. The lowest BCUT2D eigenvalue weighted by molar-refractivity contribution is -0.146. The van der Waals surface area contributed by atoms with Crippen LogP contribution >= 0.6 is 0 Å². The lowest BCUT2D eigenvalue weighted by atomic mass is 9.98. The van der Waals surface area contributed by atoms with Crippen molar-refractivity contribution >= 4 is 5.97 Å². The predicted octanol–water partition coefficient (Wildman–Crippen LogP) is 0.891. The average Bonchev–Trinajstić information content (AvgIpc) is 3.08. The Bertz CT molecular complexity index is 423. The van der Waals surface area contributed by atoms with Crippen LogP contribution in [0.25, 0.3) is 0 Å². The second kappa shape index (κ2) is 3.57. The van der Waals surface area contributed by atoms with E-state index in [0.717, 1.165) is 24.6 Å². The van der Waals surface area contributed by atoms with Crippen molar-refractivity contribution < 1.29 is 9.53 Å². The highest BCUT2D eigenvalue weighted by molar-refractivity contribution is 5.72. The van der Waals surface area contributed by atoms with E-state index in [1.54, 1.807) is 0 Å². The summed E-state index contributed by atoms with van der Waals surface area (Å²) in [5.74, 6) is 2.54. The summed E-state index contributed by atoms with van der Waals surface area (Å²) in [7, 11) is 1.44. The van der Waals surface area contributed by atoms with Crippen LogP contribution in [0.15, 0.2) is 0 Å². The first-order chi connectivity index (χ1) is 7.79. The van der Waals surface area contributed by atoms with E-state index in [9.17, 15) is 4.79 Å². The molecule has 0 saturated heterocycles. The average molecular weight is 221 g/mol. The molecular weight excluding hydrogens is 206 g/mol. The monoisotopic (exact) mass is 221 g/mol. The number of rotatable bonds is 2. The molecule has 0 spiro atoms. The first kappa shape index (κ1) is 9.81. The minimum absolute atomic E-state index is 0.0336. The van der Waals surface area contributed by atoms with Gasteiger partial charge in [-0.3, -0.25) is 4.79 Å². The number of ether oxygens (including phenoxy) is 1. The second-order valence-electron chi connectivity index (χ2n) is 4.61. The van der Waals surface area contributed by atoms with Crippen LogP contribution in [0.1, 0.15) is 36.8 Å². The third kappa shape index (κ3) is 1.50. The molecule has 1 saturated carbocycles. The topological polar surface area (TPSA) is 57.0 Å². The summed E-state index contributed by atoms with van der Waals surface area (Å²) < 4.78 is 6.97. The molecule has 3 rings (SSSR count). The highest BCUT2D eigenvalue weighted by atomic mass is 16.5. The van der Waals surface area contributed by atoms with Crippen LogP contribution < -0.4 is 0 Å². The Morgan fingerprint density at radius 1 is 1.38 bits per heavy atom. The maximum absolute atomic E-state index is 11.5. The number of hydrogen-bond acceptors (Lipinski definition) is 4. The van der Waals surface area contributed by atoms with Gasteiger partial charge in [-0.2, -0.15) is 0 Å². The van der Waals surface area contributed by atoms with Gasteiger partial charge in [0.05, 0.1) is 13.0 Å². The zero-order valence-corrected chi connectivity index (χ0v) is 9.35. The molecule has 0 aromatic carbocycles. The molecule has 1 aromatic rings. The molecule has 5 nitrogen and oxygen atoms in total. The number of carbonyl (C=O) groups excluding carboxylic acids is 1. The summed E-state index contributed by atoms with van der Waals surface area (Å²) in [6.07, 6.45) is 3.99. The predicted molar refractivity (Wildman–Crippen MR) is 55.8 cm³/mol. The minimum Gasteiger partial charge on any atom is -0.469 e. The summed E-state index contributed by atoms with van der Waals surface area (Å²) >= 11 is 0. The van der Waals surface area contributed by atoms with Gasteiger partial charge < -0.3 is 9.30 Å². The normalized spacial score (nSPS) is 23.9. The number of esters is 1. The number of nitrogens with zero attached hydrogens (tertiary/aromatic N) is 3. The summed E-state index contributed by atoms with van der Waals surface area (Å²) in [5, 5.41) is 8.43. The van der Waals surface area contributed by atoms with E-state index < -0.39 is 0 Å². The van der Waals surface area contributed by atoms with Gasteiger partial charge in [0.1, 0.15) is 11.6 Å². The van der Waals surface area contributed by atoms with Crippen molar-refractivity contribution in [3.63, 3.8) is 0 Å². The summed E-state index contributed by atoms with van der Waals surface area (Å²) in [6, 6.07) is 0. The fourth-order valence-electron chi connectivity index (χ4n) is 2.36. The minimum atomic E-state index is -0.123. The van der Waals surface area contributed by atoms with Crippen molar-refractivity contribution in [2.45, 2.75) is 38.1 Å². The molecule has 1 atom stereocenters. The van der Waals surface area contributed by atoms with Gasteiger partial charge in [-0.15, -0.1) is 10.2 Å². The molecule has 5 heteroatoms. The quantitative estimate of drug-likeness (QED) is 0.696. The molecule has 0 radical (unpaired) electrons. The molecule has 0 N–H and O–H groups in total. The van der Waals surface area contributed by atoms with Crippen LogP contribution in [0.2, 0.25) is 0 Å². The number of fused-ring (bicyclic) bond motifs is 1. The fraction of sp³-hybridized carbons (Fsp3) is 0.727. The Morgan fingerprint density at radius 3 is 2.88 bits per heavy atom. The van der Waals surface area contributed by atoms with E-state index in [2.05, 4.69) is 14.8 Å². The van der Waals surface area contributed by atoms with Gasteiger partial charge in [0.25, 0.3) is 0 Å². The zero-order valence-electron chi connectivity index (χ0n) is 9.35. The van der Waals surface area contributed by atoms with Gasteiger partial charge in [-0.1, -0.05) is 0 Å². The molecular formula is C11H15N3O2. The van der Waals surface area contributed by atoms with Crippen molar-refractivity contribution in [3.05, 3.63) is 11.6 Å². The molecule has 1 aromatic heterocycles. The first-order valence-corrected chi connectivity index (χ1v) is 5.79. The number of carbonyl (C=O) groups is 1. The van der Waals surface area contributed by atoms with E-state index >= 15 is 0 Å². The van der Waals surface area contributed by atoms with Gasteiger partial charge in [-0.25, -0.2) is 0 Å². The van der Waals surface area contributed by atoms with E-state index in [0.29, 0.717) is 12.3 Å². The lowest BCUT2D eigenvalue weighted by Crippen LogP contribution is -2.27. The van der Waals surface area contributed by atoms with Crippen LogP contribution in [-0.2, 0) is 22.5 Å². The van der Waals surface area contributed by atoms with Crippen LogP contribution in [0.4, 0.5) is 0 Å². The molecule has 1 aliphatic heterocycles. The fourth-order valence-corrected chi connectivity index (χ4v) is 2.36. The summed E-state index contributed by atoms with van der Waals surface area (Å²) in [5.41, 5.74) is 0. The summed E-state index contributed by atoms with van der Waals surface area (Å²) in [4.78, 5) is 11.5. The lowest BCUT2D eigenvalue weighted by Gasteiger charge is -2.21. The van der Waals surface area contributed by atoms with E-state index in [1.165, 1.54) is 20.0 Å². The highest BCUT2D eigenvalue weighted by Crippen LogP contribution is 2.40. The van der Waals surface area contributed by atoms with Crippen LogP contribution in [0.5, 0.6) is 0 Å². The third-order valence-corrected chi connectivity index (χ3v) is 3.46. The molecule has 0 bridgehead atoms. The van der Waals surface area contributed by atoms with Crippen molar-refractivity contribution in [2.75, 3.05) is 7.11 Å². The Hall–Kier alpha value is -1.39. The zero-order chi connectivity index (χ0) is 11.1. The number of hydrogen-bond donors (Lipinski definition) is 0. The van der Waals surface area contributed by atoms with E-state index in [4.69, 9.17) is 4.74 Å². The summed E-state index contributed by atoms with van der Waals surface area (Å²) in [6.45, 7) is 0.855. The molecule has 86 valence electrons. The highest BCUT2D eigenvalue weighted by Gasteiger charge is 2.34. The van der Waals surface area contributed by atoms with Gasteiger partial charge >= 0.3 is 5.97 Å². The Balaban J connectivity index is 1.82. The smallest absolute Gasteiger partial charge is 0.309 e. The van der Waals surface area contributed by atoms with Crippen molar-refractivity contribution in [1.29, 1.82) is 0 Å². The van der Waals surface area contributed by atoms with Crippen LogP contribution in [0.3, 0.4) is 0 Å². The van der Waals surface area contributed by atoms with Gasteiger partial charge in [0.2, 0.25) is 0 Å². The van der Waals surface area contributed by atoms with Crippen LogP contribution in [-0.4, -0.2) is 27.8 Å². The number of methoxy groups -OCH3 is 1. The van der Waals surface area contributed by atoms with Gasteiger partial charge in [-0.05, 0) is 19.3 Å². The largest absolute Gasteiger partial charge is 0.469 e. The van der Waals surface area contributed by atoms with Gasteiger partial charge in [0.15, 0.2) is 0 Å². The van der Waals surface area contributed by atoms with Gasteiger partial charge in [0, 0.05) is 18.9 Å².